The first-order chi connectivity index (χ1) is 13.5. The van der Waals surface area contributed by atoms with Gasteiger partial charge in [0, 0.05) is 25.6 Å². The Kier molecular flexibility index (Phi) is 6.93. The third-order valence-electron chi connectivity index (χ3n) is 5.59. The number of carbonyl (C=O) groups is 2. The number of benzene rings is 1. The molecule has 6 N–H and O–H groups in total. The van der Waals surface area contributed by atoms with Crippen molar-refractivity contribution in [3.8, 4) is 5.75 Å². The van der Waals surface area contributed by atoms with Crippen LogP contribution in [-0.4, -0.2) is 54.2 Å². The summed E-state index contributed by atoms with van der Waals surface area (Å²) >= 11 is 0. The Bertz CT molecular complexity index is 709. The number of aromatic carboxylic acids is 1. The molecule has 1 aromatic rings. The summed E-state index contributed by atoms with van der Waals surface area (Å²) in [5.74, 6) is -1.29. The molecule has 0 saturated heterocycles. The molecule has 1 atom stereocenters. The van der Waals surface area contributed by atoms with Crippen molar-refractivity contribution in [2.75, 3.05) is 13.1 Å². The normalized spacial score (nSPS) is 24.2. The monoisotopic (exact) mass is 389 g/mol. The van der Waals surface area contributed by atoms with Crippen LogP contribution in [0.1, 0.15) is 48.0 Å². The number of fused-ring (bicyclic) bond motifs is 1. The molecule has 2 aliphatic rings. The Morgan fingerprint density at radius 2 is 2.00 bits per heavy atom. The second-order valence-electron chi connectivity index (χ2n) is 7.65. The molecule has 1 saturated carbocycles. The maximum absolute atomic E-state index is 12.5. The first kappa shape index (κ1) is 20.6. The first-order valence-corrected chi connectivity index (χ1v) is 9.90. The predicted molar refractivity (Wildman–Crippen MR) is 105 cm³/mol. The van der Waals surface area contributed by atoms with Crippen LogP contribution in [0.5, 0.6) is 5.75 Å². The summed E-state index contributed by atoms with van der Waals surface area (Å²) in [6.45, 7) is 1.45. The zero-order chi connectivity index (χ0) is 20.1. The van der Waals surface area contributed by atoms with Crippen molar-refractivity contribution in [3.05, 3.63) is 29.3 Å². The molecule has 28 heavy (non-hydrogen) atoms. The lowest BCUT2D eigenvalue weighted by atomic mass is 9.72. The summed E-state index contributed by atoms with van der Waals surface area (Å²) in [5.41, 5.74) is 6.20. The molecular weight excluding hydrogens is 361 g/mol. The summed E-state index contributed by atoms with van der Waals surface area (Å²) in [7, 11) is -1.27. The second-order valence-corrected chi connectivity index (χ2v) is 7.65. The average Bonchev–Trinajstić information content (AvgIpc) is 2.67. The van der Waals surface area contributed by atoms with Crippen LogP contribution in [0.25, 0.3) is 0 Å². The molecule has 0 spiro atoms. The highest BCUT2D eigenvalue weighted by Crippen LogP contribution is 2.31. The van der Waals surface area contributed by atoms with Crippen LogP contribution in [0.15, 0.2) is 18.2 Å². The molecule has 1 aromatic carbocycles. The van der Waals surface area contributed by atoms with Crippen molar-refractivity contribution >= 4 is 19.0 Å². The number of carbonyl (C=O) groups excluding carboxylic acids is 1. The van der Waals surface area contributed by atoms with Gasteiger partial charge in [-0.15, -0.1) is 0 Å². The Labute approximate surface area is 165 Å². The lowest BCUT2D eigenvalue weighted by Gasteiger charge is -2.31. The fourth-order valence-electron chi connectivity index (χ4n) is 4.10. The van der Waals surface area contributed by atoms with Crippen LogP contribution >= 0.6 is 0 Å². The molecule has 9 heteroatoms. The summed E-state index contributed by atoms with van der Waals surface area (Å²) in [4.78, 5) is 23.8. The van der Waals surface area contributed by atoms with Crippen molar-refractivity contribution in [3.63, 3.8) is 0 Å². The van der Waals surface area contributed by atoms with Crippen molar-refractivity contribution < 1.29 is 24.4 Å². The van der Waals surface area contributed by atoms with E-state index < -0.39 is 19.0 Å². The molecule has 8 nitrogen and oxygen atoms in total. The number of hydrogen-bond donors (Lipinski definition) is 5. The number of hydrogen-bond acceptors (Lipinski definition) is 6. The van der Waals surface area contributed by atoms with Gasteiger partial charge in [0.05, 0.1) is 11.5 Å². The molecule has 1 aliphatic heterocycles. The van der Waals surface area contributed by atoms with E-state index in [1.807, 2.05) is 0 Å². The maximum atomic E-state index is 12.5. The van der Waals surface area contributed by atoms with Crippen LogP contribution < -0.4 is 21.0 Å². The molecule has 0 radical (unpaired) electrons. The zero-order valence-corrected chi connectivity index (χ0v) is 15.9. The highest BCUT2D eigenvalue weighted by atomic mass is 16.5. The topological polar surface area (TPSA) is 134 Å². The zero-order valence-electron chi connectivity index (χ0n) is 15.9. The van der Waals surface area contributed by atoms with Gasteiger partial charge in [-0.25, -0.2) is 4.79 Å². The van der Waals surface area contributed by atoms with Gasteiger partial charge >= 0.3 is 13.1 Å². The van der Waals surface area contributed by atoms with Gasteiger partial charge in [0.25, 0.3) is 0 Å². The van der Waals surface area contributed by atoms with Crippen LogP contribution in [0.3, 0.4) is 0 Å². The van der Waals surface area contributed by atoms with E-state index >= 15 is 0 Å². The number of carboxylic acids is 1. The van der Waals surface area contributed by atoms with E-state index in [0.717, 1.165) is 32.2 Å². The minimum atomic E-state index is -1.27. The summed E-state index contributed by atoms with van der Waals surface area (Å²) in [6, 6.07) is 5.31. The summed E-state index contributed by atoms with van der Waals surface area (Å²) < 4.78 is 5.42. The van der Waals surface area contributed by atoms with E-state index in [9.17, 15) is 19.7 Å². The van der Waals surface area contributed by atoms with Gasteiger partial charge in [-0.3, -0.25) is 4.79 Å². The number of nitrogens with two attached hydrogens (primary N) is 1. The quantitative estimate of drug-likeness (QED) is 0.424. The van der Waals surface area contributed by atoms with E-state index in [1.165, 1.54) is 6.07 Å². The van der Waals surface area contributed by atoms with Crippen LogP contribution in [0.2, 0.25) is 0 Å². The summed E-state index contributed by atoms with van der Waals surface area (Å²) in [5, 5.41) is 25.8. The largest absolute Gasteiger partial charge is 0.547 e. The fourth-order valence-corrected chi connectivity index (χ4v) is 4.10. The van der Waals surface area contributed by atoms with Crippen LogP contribution in [-0.2, 0) is 11.2 Å². The molecule has 152 valence electrons. The molecule has 0 unspecified atom stereocenters. The fraction of sp³-hybridized carbons (Fsp3) is 0.579. The van der Waals surface area contributed by atoms with Gasteiger partial charge in [0.1, 0.15) is 5.75 Å². The smallest absolute Gasteiger partial charge is 0.534 e. The van der Waals surface area contributed by atoms with Crippen molar-refractivity contribution in [1.82, 2.24) is 10.6 Å². The van der Waals surface area contributed by atoms with Crippen molar-refractivity contribution in [2.45, 2.75) is 50.5 Å². The average molecular weight is 389 g/mol. The molecule has 1 aliphatic carbocycles. The number of para-hydroxylation sites is 1. The molecule has 1 fully saturated rings. The highest BCUT2D eigenvalue weighted by Gasteiger charge is 2.38. The van der Waals surface area contributed by atoms with E-state index in [1.54, 1.807) is 12.1 Å². The van der Waals surface area contributed by atoms with Crippen molar-refractivity contribution in [2.24, 2.45) is 11.7 Å². The van der Waals surface area contributed by atoms with Gasteiger partial charge in [0.15, 0.2) is 0 Å². The van der Waals surface area contributed by atoms with Gasteiger partial charge in [0.2, 0.25) is 5.91 Å². The second kappa shape index (κ2) is 9.40. The van der Waals surface area contributed by atoms with E-state index in [-0.39, 0.29) is 17.2 Å². The van der Waals surface area contributed by atoms with Crippen LogP contribution in [0, 0.1) is 5.92 Å². The van der Waals surface area contributed by atoms with Gasteiger partial charge in [-0.2, -0.15) is 0 Å². The van der Waals surface area contributed by atoms with Gasteiger partial charge in [-0.05, 0) is 49.7 Å². The molecule has 0 bridgehead atoms. The third kappa shape index (κ3) is 5.04. The number of carboxylic acid groups (broad SMARTS) is 1. The van der Waals surface area contributed by atoms with Gasteiger partial charge < -0.3 is 31.2 Å². The number of nitrogens with one attached hydrogen (secondary N) is 2. The minimum Gasteiger partial charge on any atom is -0.534 e. The predicted octanol–water partition coefficient (Wildman–Crippen LogP) is 0.321. The molecule has 1 heterocycles. The Morgan fingerprint density at radius 1 is 1.25 bits per heavy atom. The SMILES string of the molecule is NCCNC1CCC(CC(=O)N[C@H]2Cc3cccc(C(=O)O)c3OB2O)CC1. The van der Waals surface area contributed by atoms with E-state index in [4.69, 9.17) is 10.4 Å². The van der Waals surface area contributed by atoms with Crippen molar-refractivity contribution in [1.29, 1.82) is 0 Å². The maximum Gasteiger partial charge on any atom is 0.547 e. The third-order valence-corrected chi connectivity index (χ3v) is 5.59. The minimum absolute atomic E-state index is 0.0151. The summed E-state index contributed by atoms with van der Waals surface area (Å²) in [6.07, 6.45) is 4.82. The molecule has 0 aromatic heterocycles. The lowest BCUT2D eigenvalue weighted by molar-refractivity contribution is -0.122. The van der Waals surface area contributed by atoms with E-state index in [2.05, 4.69) is 10.6 Å². The lowest BCUT2D eigenvalue weighted by Crippen LogP contribution is -2.53. The first-order valence-electron chi connectivity index (χ1n) is 9.90. The van der Waals surface area contributed by atoms with Crippen LogP contribution in [0.4, 0.5) is 0 Å². The number of amides is 1. The molecule has 1 amide bonds. The Balaban J connectivity index is 1.51. The Morgan fingerprint density at radius 3 is 2.68 bits per heavy atom. The molecule has 3 rings (SSSR count). The Hall–Kier alpha value is -2.10. The molecular formula is C19H28BN3O5. The highest BCUT2D eigenvalue weighted by molar-refractivity contribution is 6.47. The standard InChI is InChI=1S/C19H28BN3O5/c21-8-9-22-14-6-4-12(5-7-14)10-17(24)23-16-11-13-2-1-3-15(19(25)26)18(13)28-20(16)27/h1-3,12,14,16,22,27H,4-11,21H2,(H,23,24)(H,25,26)/t12?,14?,16-/m0/s1. The van der Waals surface area contributed by atoms with E-state index in [0.29, 0.717) is 36.9 Å². The van der Waals surface area contributed by atoms with Gasteiger partial charge in [-0.1, -0.05) is 12.1 Å². The number of rotatable bonds is 7.